The molecule has 0 aliphatic carbocycles. The molecule has 2 heterocycles. The molecule has 1 aliphatic heterocycles. The van der Waals surface area contributed by atoms with Gasteiger partial charge in [-0.2, -0.15) is 0 Å². The summed E-state index contributed by atoms with van der Waals surface area (Å²) in [5.74, 6) is -0.406. The van der Waals surface area contributed by atoms with E-state index in [-0.39, 0.29) is 12.0 Å². The van der Waals surface area contributed by atoms with Gasteiger partial charge in [0.25, 0.3) is 0 Å². The number of carbonyl (C=O) groups is 1. The second-order valence-corrected chi connectivity index (χ2v) is 5.79. The Bertz CT molecular complexity index is 707. The third-order valence-electron chi connectivity index (χ3n) is 4.06. The summed E-state index contributed by atoms with van der Waals surface area (Å²) in [5, 5.41) is 13.7. The zero-order valence-corrected chi connectivity index (χ0v) is 13.0. The number of ether oxygens (including phenoxy) is 2. The second kappa shape index (κ2) is 6.52. The molecule has 122 valence electrons. The lowest BCUT2D eigenvalue weighted by molar-refractivity contribution is -0.128. The van der Waals surface area contributed by atoms with Crippen molar-refractivity contribution in [2.24, 2.45) is 5.41 Å². The summed E-state index contributed by atoms with van der Waals surface area (Å²) in [4.78, 5) is 16.5. The number of fused-ring (bicyclic) bond motifs is 1. The standard InChI is InChI=1S/C17H20N2O4/c1-2-23-16(21)13-7-18-14-6-4-3-5-12(14)15(13)19-8-17(9-20)10-22-11-17/h3-7,20H,2,8-11H2,1H3,(H,18,19). The molecule has 0 saturated carbocycles. The van der Waals surface area contributed by atoms with Crippen molar-refractivity contribution in [1.82, 2.24) is 4.98 Å². The molecule has 0 radical (unpaired) electrons. The number of nitrogens with one attached hydrogen (secondary N) is 1. The van der Waals surface area contributed by atoms with E-state index in [0.717, 1.165) is 10.9 Å². The maximum atomic E-state index is 12.2. The summed E-state index contributed by atoms with van der Waals surface area (Å²) in [5.41, 5.74) is 1.59. The highest BCUT2D eigenvalue weighted by Crippen LogP contribution is 2.31. The average molecular weight is 316 g/mol. The van der Waals surface area contributed by atoms with Crippen LogP contribution in [-0.4, -0.2) is 49.0 Å². The zero-order chi connectivity index (χ0) is 16.3. The molecule has 1 fully saturated rings. The third-order valence-corrected chi connectivity index (χ3v) is 4.06. The maximum Gasteiger partial charge on any atom is 0.341 e. The van der Waals surface area contributed by atoms with E-state index < -0.39 is 5.97 Å². The van der Waals surface area contributed by atoms with Crippen LogP contribution in [0.25, 0.3) is 10.9 Å². The summed E-state index contributed by atoms with van der Waals surface area (Å²) in [6.07, 6.45) is 1.53. The number of aromatic nitrogens is 1. The lowest BCUT2D eigenvalue weighted by atomic mass is 9.87. The number of aliphatic hydroxyl groups excluding tert-OH is 1. The van der Waals surface area contributed by atoms with Gasteiger partial charge >= 0.3 is 5.97 Å². The molecule has 0 amide bonds. The van der Waals surface area contributed by atoms with Crippen LogP contribution in [0.1, 0.15) is 17.3 Å². The topological polar surface area (TPSA) is 80.7 Å². The first-order chi connectivity index (χ1) is 11.2. The Balaban J connectivity index is 1.97. The number of benzene rings is 1. The lowest BCUT2D eigenvalue weighted by Gasteiger charge is -2.40. The Morgan fingerprint density at radius 1 is 1.43 bits per heavy atom. The number of para-hydroxylation sites is 1. The fourth-order valence-corrected chi connectivity index (χ4v) is 2.61. The van der Waals surface area contributed by atoms with E-state index in [1.807, 2.05) is 24.3 Å². The van der Waals surface area contributed by atoms with E-state index in [0.29, 0.717) is 37.6 Å². The molecule has 1 saturated heterocycles. The molecular weight excluding hydrogens is 296 g/mol. The summed E-state index contributed by atoms with van der Waals surface area (Å²) in [6, 6.07) is 7.61. The van der Waals surface area contributed by atoms with E-state index >= 15 is 0 Å². The first-order valence-corrected chi connectivity index (χ1v) is 7.66. The van der Waals surface area contributed by atoms with Crippen molar-refractivity contribution in [2.75, 3.05) is 38.3 Å². The normalized spacial score (nSPS) is 15.9. The van der Waals surface area contributed by atoms with Gasteiger partial charge in [0, 0.05) is 18.1 Å². The van der Waals surface area contributed by atoms with E-state index in [4.69, 9.17) is 9.47 Å². The minimum Gasteiger partial charge on any atom is -0.462 e. The highest BCUT2D eigenvalue weighted by atomic mass is 16.5. The molecule has 0 atom stereocenters. The van der Waals surface area contributed by atoms with Crippen molar-refractivity contribution < 1.29 is 19.4 Å². The molecule has 1 aromatic carbocycles. The second-order valence-electron chi connectivity index (χ2n) is 5.79. The lowest BCUT2D eigenvalue weighted by Crippen LogP contribution is -2.50. The Morgan fingerprint density at radius 2 is 2.22 bits per heavy atom. The summed E-state index contributed by atoms with van der Waals surface area (Å²) in [6.45, 7) is 3.65. The van der Waals surface area contributed by atoms with E-state index in [1.54, 1.807) is 6.92 Å². The third kappa shape index (κ3) is 3.00. The molecule has 1 aliphatic rings. The summed E-state index contributed by atoms with van der Waals surface area (Å²) >= 11 is 0. The Hall–Kier alpha value is -2.18. The van der Waals surface area contributed by atoms with Gasteiger partial charge < -0.3 is 19.9 Å². The Labute approximate surface area is 134 Å². The molecule has 1 aromatic heterocycles. The average Bonchev–Trinajstić information content (AvgIpc) is 2.54. The van der Waals surface area contributed by atoms with Gasteiger partial charge in [-0.3, -0.25) is 4.98 Å². The van der Waals surface area contributed by atoms with Crippen molar-refractivity contribution in [1.29, 1.82) is 0 Å². The Kier molecular flexibility index (Phi) is 4.45. The van der Waals surface area contributed by atoms with Gasteiger partial charge in [-0.1, -0.05) is 18.2 Å². The SMILES string of the molecule is CCOC(=O)c1cnc2ccccc2c1NCC1(CO)COC1. The smallest absolute Gasteiger partial charge is 0.341 e. The Morgan fingerprint density at radius 3 is 2.87 bits per heavy atom. The van der Waals surface area contributed by atoms with Crippen LogP contribution < -0.4 is 5.32 Å². The number of hydrogen-bond donors (Lipinski definition) is 2. The molecule has 2 aromatic rings. The number of rotatable bonds is 6. The van der Waals surface area contributed by atoms with Gasteiger partial charge in [0.15, 0.2) is 0 Å². The van der Waals surface area contributed by atoms with Crippen LogP contribution >= 0.6 is 0 Å². The number of anilines is 1. The first kappa shape index (κ1) is 15.7. The van der Waals surface area contributed by atoms with Gasteiger partial charge in [-0.15, -0.1) is 0 Å². The van der Waals surface area contributed by atoms with Crippen LogP contribution in [-0.2, 0) is 9.47 Å². The first-order valence-electron chi connectivity index (χ1n) is 7.66. The molecular formula is C17H20N2O4. The van der Waals surface area contributed by atoms with Gasteiger partial charge in [0.2, 0.25) is 0 Å². The molecule has 0 bridgehead atoms. The fourth-order valence-electron chi connectivity index (χ4n) is 2.61. The van der Waals surface area contributed by atoms with Crippen LogP contribution in [0.15, 0.2) is 30.5 Å². The molecule has 3 rings (SSSR count). The van der Waals surface area contributed by atoms with Gasteiger partial charge in [0.1, 0.15) is 5.56 Å². The number of nitrogens with zero attached hydrogens (tertiary/aromatic N) is 1. The molecule has 0 unspecified atom stereocenters. The maximum absolute atomic E-state index is 12.2. The van der Waals surface area contributed by atoms with Crippen molar-refractivity contribution >= 4 is 22.6 Å². The largest absolute Gasteiger partial charge is 0.462 e. The van der Waals surface area contributed by atoms with Crippen LogP contribution in [0.5, 0.6) is 0 Å². The summed E-state index contributed by atoms with van der Waals surface area (Å²) in [7, 11) is 0. The summed E-state index contributed by atoms with van der Waals surface area (Å²) < 4.78 is 10.3. The van der Waals surface area contributed by atoms with E-state index in [1.165, 1.54) is 6.20 Å². The number of esters is 1. The monoisotopic (exact) mass is 316 g/mol. The van der Waals surface area contributed by atoms with Crippen LogP contribution in [0.3, 0.4) is 0 Å². The zero-order valence-electron chi connectivity index (χ0n) is 13.0. The van der Waals surface area contributed by atoms with Crippen molar-refractivity contribution in [3.63, 3.8) is 0 Å². The van der Waals surface area contributed by atoms with Gasteiger partial charge in [-0.25, -0.2) is 4.79 Å². The molecule has 0 spiro atoms. The van der Waals surface area contributed by atoms with Crippen LogP contribution in [0, 0.1) is 5.41 Å². The number of aliphatic hydroxyl groups is 1. The van der Waals surface area contributed by atoms with Crippen molar-refractivity contribution in [3.8, 4) is 0 Å². The highest BCUT2D eigenvalue weighted by Gasteiger charge is 2.38. The van der Waals surface area contributed by atoms with Crippen LogP contribution in [0.4, 0.5) is 5.69 Å². The molecule has 23 heavy (non-hydrogen) atoms. The van der Waals surface area contributed by atoms with E-state index in [9.17, 15) is 9.90 Å². The molecule has 2 N–H and O–H groups in total. The highest BCUT2D eigenvalue weighted by molar-refractivity contribution is 6.04. The number of hydrogen-bond acceptors (Lipinski definition) is 6. The van der Waals surface area contributed by atoms with Gasteiger partial charge in [-0.05, 0) is 13.0 Å². The minimum atomic E-state index is -0.406. The predicted octanol–water partition coefficient (Wildman–Crippen LogP) is 1.83. The quantitative estimate of drug-likeness (QED) is 0.792. The molecule has 6 nitrogen and oxygen atoms in total. The fraction of sp³-hybridized carbons (Fsp3) is 0.412. The molecule has 6 heteroatoms. The van der Waals surface area contributed by atoms with E-state index in [2.05, 4.69) is 10.3 Å². The van der Waals surface area contributed by atoms with Crippen LogP contribution in [0.2, 0.25) is 0 Å². The number of carbonyl (C=O) groups excluding carboxylic acids is 1. The minimum absolute atomic E-state index is 0.0394. The number of pyridine rings is 1. The van der Waals surface area contributed by atoms with Gasteiger partial charge in [0.05, 0.1) is 43.0 Å². The predicted molar refractivity (Wildman–Crippen MR) is 86.5 cm³/mol. The van der Waals surface area contributed by atoms with Crippen molar-refractivity contribution in [3.05, 3.63) is 36.0 Å². The van der Waals surface area contributed by atoms with Crippen molar-refractivity contribution in [2.45, 2.75) is 6.92 Å².